The van der Waals surface area contributed by atoms with E-state index >= 15 is 0 Å². The number of hydrogen-bond donors (Lipinski definition) is 1. The summed E-state index contributed by atoms with van der Waals surface area (Å²) in [6.07, 6.45) is 5.61. The number of rotatable bonds is 4. The number of amides is 1. The van der Waals surface area contributed by atoms with Crippen LogP contribution in [0.5, 0.6) is 0 Å². The third-order valence-corrected chi connectivity index (χ3v) is 3.79. The van der Waals surface area contributed by atoms with E-state index in [0.29, 0.717) is 12.1 Å². The van der Waals surface area contributed by atoms with Crippen molar-refractivity contribution < 1.29 is 4.79 Å². The van der Waals surface area contributed by atoms with Crippen molar-refractivity contribution in [2.45, 2.75) is 18.3 Å². The Labute approximate surface area is 112 Å². The van der Waals surface area contributed by atoms with Gasteiger partial charge in [0.25, 0.3) is 5.91 Å². The molecule has 0 spiro atoms. The van der Waals surface area contributed by atoms with Gasteiger partial charge in [-0.2, -0.15) is 5.10 Å². The van der Waals surface area contributed by atoms with Crippen molar-refractivity contribution in [1.29, 1.82) is 0 Å². The topological polar surface area (TPSA) is 46.9 Å². The Kier molecular flexibility index (Phi) is 2.85. The molecule has 1 N–H and O–H groups in total. The van der Waals surface area contributed by atoms with Crippen LogP contribution < -0.4 is 5.32 Å². The molecule has 1 amide bonds. The van der Waals surface area contributed by atoms with Crippen molar-refractivity contribution in [2.24, 2.45) is 7.05 Å². The fourth-order valence-electron chi connectivity index (χ4n) is 2.40. The van der Waals surface area contributed by atoms with E-state index in [-0.39, 0.29) is 11.3 Å². The maximum atomic E-state index is 12.0. The Hall–Kier alpha value is -2.10. The Bertz CT molecular complexity index is 584. The summed E-state index contributed by atoms with van der Waals surface area (Å²) in [5.41, 5.74) is 2.09. The predicted molar refractivity (Wildman–Crippen MR) is 72.9 cm³/mol. The van der Waals surface area contributed by atoms with E-state index in [1.807, 2.05) is 13.1 Å². The lowest BCUT2D eigenvalue weighted by Crippen LogP contribution is -2.32. The van der Waals surface area contributed by atoms with Crippen molar-refractivity contribution in [3.8, 4) is 0 Å². The molecule has 1 heterocycles. The van der Waals surface area contributed by atoms with Crippen LogP contribution in [0.2, 0.25) is 0 Å². The van der Waals surface area contributed by atoms with Gasteiger partial charge >= 0.3 is 0 Å². The highest BCUT2D eigenvalue weighted by molar-refractivity contribution is 5.93. The number of aromatic nitrogens is 2. The Morgan fingerprint density at radius 3 is 2.68 bits per heavy atom. The van der Waals surface area contributed by atoms with E-state index < -0.39 is 0 Å². The number of hydrogen-bond acceptors (Lipinski definition) is 2. The SMILES string of the molecule is Cn1cc(C(=O)NCC2(c3ccccc3)CC2)cn1. The molecule has 0 saturated heterocycles. The van der Waals surface area contributed by atoms with Crippen LogP contribution in [-0.4, -0.2) is 22.2 Å². The zero-order valence-corrected chi connectivity index (χ0v) is 11.0. The van der Waals surface area contributed by atoms with E-state index in [2.05, 4.69) is 34.7 Å². The summed E-state index contributed by atoms with van der Waals surface area (Å²) >= 11 is 0. The van der Waals surface area contributed by atoms with Crippen LogP contribution in [0.25, 0.3) is 0 Å². The molecule has 0 unspecified atom stereocenters. The first-order valence-electron chi connectivity index (χ1n) is 6.52. The summed E-state index contributed by atoms with van der Waals surface area (Å²) < 4.78 is 1.64. The smallest absolute Gasteiger partial charge is 0.254 e. The monoisotopic (exact) mass is 255 g/mol. The first-order chi connectivity index (χ1) is 9.20. The molecule has 98 valence electrons. The average Bonchev–Trinajstić information content (AvgIpc) is 3.12. The van der Waals surface area contributed by atoms with E-state index in [0.717, 1.165) is 12.8 Å². The second-order valence-electron chi connectivity index (χ2n) is 5.23. The zero-order valence-electron chi connectivity index (χ0n) is 11.0. The molecule has 2 aromatic rings. The van der Waals surface area contributed by atoms with E-state index in [4.69, 9.17) is 0 Å². The summed E-state index contributed by atoms with van der Waals surface area (Å²) in [7, 11) is 1.81. The van der Waals surface area contributed by atoms with E-state index in [1.54, 1.807) is 17.1 Å². The summed E-state index contributed by atoms with van der Waals surface area (Å²) in [5.74, 6) is -0.0460. The van der Waals surface area contributed by atoms with Gasteiger partial charge in [-0.3, -0.25) is 9.48 Å². The van der Waals surface area contributed by atoms with Crippen molar-refractivity contribution in [1.82, 2.24) is 15.1 Å². The van der Waals surface area contributed by atoms with Crippen LogP contribution >= 0.6 is 0 Å². The summed E-state index contributed by atoms with van der Waals surface area (Å²) in [6, 6.07) is 10.4. The molecule has 1 aliphatic rings. The Morgan fingerprint density at radius 1 is 1.37 bits per heavy atom. The molecule has 0 bridgehead atoms. The number of benzene rings is 1. The van der Waals surface area contributed by atoms with Gasteiger partial charge in [-0.1, -0.05) is 30.3 Å². The van der Waals surface area contributed by atoms with E-state index in [1.165, 1.54) is 5.56 Å². The fourth-order valence-corrected chi connectivity index (χ4v) is 2.40. The van der Waals surface area contributed by atoms with Gasteiger partial charge in [0.2, 0.25) is 0 Å². The van der Waals surface area contributed by atoms with Crippen molar-refractivity contribution in [3.63, 3.8) is 0 Å². The molecule has 4 heteroatoms. The minimum absolute atomic E-state index is 0.0460. The molecule has 1 saturated carbocycles. The minimum Gasteiger partial charge on any atom is -0.351 e. The van der Waals surface area contributed by atoms with Crippen LogP contribution in [0.3, 0.4) is 0 Å². The van der Waals surface area contributed by atoms with Gasteiger partial charge in [0.15, 0.2) is 0 Å². The third-order valence-electron chi connectivity index (χ3n) is 3.79. The number of nitrogens with one attached hydrogen (secondary N) is 1. The highest BCUT2D eigenvalue weighted by atomic mass is 16.1. The van der Waals surface area contributed by atoms with Gasteiger partial charge in [-0.15, -0.1) is 0 Å². The molecule has 19 heavy (non-hydrogen) atoms. The Balaban J connectivity index is 1.65. The van der Waals surface area contributed by atoms with Crippen molar-refractivity contribution in [3.05, 3.63) is 53.9 Å². The molecular formula is C15H17N3O. The maximum absolute atomic E-state index is 12.0. The minimum atomic E-state index is -0.0460. The fraction of sp³-hybridized carbons (Fsp3) is 0.333. The molecule has 0 radical (unpaired) electrons. The molecule has 3 rings (SSSR count). The molecule has 1 fully saturated rings. The maximum Gasteiger partial charge on any atom is 0.254 e. The molecule has 1 aromatic heterocycles. The van der Waals surface area contributed by atoms with Gasteiger partial charge in [-0.05, 0) is 18.4 Å². The Morgan fingerprint density at radius 2 is 2.11 bits per heavy atom. The average molecular weight is 255 g/mol. The lowest BCUT2D eigenvalue weighted by Gasteiger charge is -2.16. The largest absolute Gasteiger partial charge is 0.351 e. The summed E-state index contributed by atoms with van der Waals surface area (Å²) in [5, 5.41) is 7.03. The molecular weight excluding hydrogens is 238 g/mol. The lowest BCUT2D eigenvalue weighted by molar-refractivity contribution is 0.0949. The molecule has 1 aliphatic carbocycles. The molecule has 0 aliphatic heterocycles. The molecule has 1 aromatic carbocycles. The molecule has 0 atom stereocenters. The zero-order chi connectivity index (χ0) is 13.3. The van der Waals surface area contributed by atoms with Crippen LogP contribution in [0, 0.1) is 0 Å². The van der Waals surface area contributed by atoms with Gasteiger partial charge in [-0.25, -0.2) is 0 Å². The summed E-state index contributed by atoms with van der Waals surface area (Å²) in [4.78, 5) is 12.0. The van der Waals surface area contributed by atoms with Crippen LogP contribution in [0.1, 0.15) is 28.8 Å². The van der Waals surface area contributed by atoms with Crippen LogP contribution in [0.15, 0.2) is 42.7 Å². The van der Waals surface area contributed by atoms with Crippen molar-refractivity contribution in [2.75, 3.05) is 6.54 Å². The first kappa shape index (κ1) is 12.0. The quantitative estimate of drug-likeness (QED) is 0.906. The van der Waals surface area contributed by atoms with Gasteiger partial charge < -0.3 is 5.32 Å². The van der Waals surface area contributed by atoms with Crippen molar-refractivity contribution >= 4 is 5.91 Å². The predicted octanol–water partition coefficient (Wildman–Crippen LogP) is 1.88. The first-order valence-corrected chi connectivity index (χ1v) is 6.52. The van der Waals surface area contributed by atoms with E-state index in [9.17, 15) is 4.79 Å². The normalized spacial score (nSPS) is 16.1. The van der Waals surface area contributed by atoms with Gasteiger partial charge in [0.1, 0.15) is 0 Å². The standard InChI is InChI=1S/C15H17N3O/c1-18-10-12(9-17-18)14(19)16-11-15(7-8-15)13-5-3-2-4-6-13/h2-6,9-10H,7-8,11H2,1H3,(H,16,19). The molecule has 4 nitrogen and oxygen atoms in total. The second kappa shape index (κ2) is 4.53. The van der Waals surface area contributed by atoms with Crippen LogP contribution in [0.4, 0.5) is 0 Å². The van der Waals surface area contributed by atoms with Gasteiger partial charge in [0, 0.05) is 25.2 Å². The van der Waals surface area contributed by atoms with Gasteiger partial charge in [0.05, 0.1) is 11.8 Å². The summed E-state index contributed by atoms with van der Waals surface area (Å²) in [6.45, 7) is 0.699. The number of carbonyl (C=O) groups excluding carboxylic acids is 1. The highest BCUT2D eigenvalue weighted by Gasteiger charge is 2.44. The second-order valence-corrected chi connectivity index (χ2v) is 5.23. The third kappa shape index (κ3) is 2.38. The van der Waals surface area contributed by atoms with Crippen LogP contribution in [-0.2, 0) is 12.5 Å². The number of carbonyl (C=O) groups is 1. The number of nitrogens with zero attached hydrogens (tertiary/aromatic N) is 2. The number of aryl methyl sites for hydroxylation is 1. The lowest BCUT2D eigenvalue weighted by atomic mass is 9.96. The highest BCUT2D eigenvalue weighted by Crippen LogP contribution is 2.47.